The van der Waals surface area contributed by atoms with Gasteiger partial charge in [-0.2, -0.15) is 0 Å². The van der Waals surface area contributed by atoms with Crippen LogP contribution < -0.4 is 4.90 Å². The van der Waals surface area contributed by atoms with Crippen molar-refractivity contribution in [3.05, 3.63) is 65.0 Å². The third-order valence-corrected chi connectivity index (χ3v) is 5.59. The van der Waals surface area contributed by atoms with E-state index in [9.17, 15) is 9.18 Å². The number of amides is 1. The number of anilines is 1. The molecule has 1 aliphatic heterocycles. The zero-order chi connectivity index (χ0) is 17.9. The van der Waals surface area contributed by atoms with Crippen LogP contribution in [0.3, 0.4) is 0 Å². The van der Waals surface area contributed by atoms with Crippen LogP contribution >= 0.6 is 0 Å². The lowest BCUT2D eigenvalue weighted by Crippen LogP contribution is -2.49. The second kappa shape index (κ2) is 7.48. The molecule has 136 valence electrons. The first-order chi connectivity index (χ1) is 12.7. The fourth-order valence-electron chi connectivity index (χ4n) is 4.09. The maximum atomic E-state index is 13.9. The number of carbonyl (C=O) groups excluding carboxylic acids is 1. The molecule has 1 amide bonds. The summed E-state index contributed by atoms with van der Waals surface area (Å²) in [6, 6.07) is 13.4. The van der Waals surface area contributed by atoms with Crippen LogP contribution in [-0.4, -0.2) is 37.0 Å². The molecule has 2 aromatic rings. The van der Waals surface area contributed by atoms with Crippen LogP contribution in [0.4, 0.5) is 10.1 Å². The van der Waals surface area contributed by atoms with Gasteiger partial charge in [-0.15, -0.1) is 0 Å². The van der Waals surface area contributed by atoms with Gasteiger partial charge in [0.25, 0.3) is 0 Å². The molecule has 0 saturated carbocycles. The molecule has 26 heavy (non-hydrogen) atoms. The molecule has 1 heterocycles. The number of para-hydroxylation sites is 1. The standard InChI is InChI=1S/C22H25FN2O/c23-20-7-3-4-8-21(20)24-11-13-25(14-12-24)22(26)16-17-9-10-18-5-1-2-6-19(18)15-17/h3-4,7-10,15H,1-2,5-6,11-14,16H2. The SMILES string of the molecule is O=C(Cc1ccc2c(c1)CCCC2)N1CCN(c2ccccc2F)CC1. The average Bonchev–Trinajstić information content (AvgIpc) is 2.68. The van der Waals surface area contributed by atoms with Crippen molar-refractivity contribution < 1.29 is 9.18 Å². The van der Waals surface area contributed by atoms with E-state index in [2.05, 4.69) is 18.2 Å². The highest BCUT2D eigenvalue weighted by Crippen LogP contribution is 2.23. The molecule has 2 aromatic carbocycles. The minimum atomic E-state index is -0.193. The fourth-order valence-corrected chi connectivity index (χ4v) is 4.09. The van der Waals surface area contributed by atoms with Crippen molar-refractivity contribution in [3.8, 4) is 0 Å². The van der Waals surface area contributed by atoms with E-state index in [4.69, 9.17) is 0 Å². The molecule has 0 unspecified atom stereocenters. The van der Waals surface area contributed by atoms with Gasteiger partial charge in [0.1, 0.15) is 5.82 Å². The maximum absolute atomic E-state index is 13.9. The molecule has 1 fully saturated rings. The van der Waals surface area contributed by atoms with E-state index in [0.29, 0.717) is 38.3 Å². The molecule has 0 bridgehead atoms. The van der Waals surface area contributed by atoms with Crippen LogP contribution in [0.1, 0.15) is 29.5 Å². The first kappa shape index (κ1) is 17.1. The molecule has 0 spiro atoms. The number of halogens is 1. The van der Waals surface area contributed by atoms with E-state index >= 15 is 0 Å². The van der Waals surface area contributed by atoms with Crippen molar-refractivity contribution in [2.45, 2.75) is 32.1 Å². The zero-order valence-electron chi connectivity index (χ0n) is 15.1. The summed E-state index contributed by atoms with van der Waals surface area (Å²) >= 11 is 0. The van der Waals surface area contributed by atoms with Crippen LogP contribution in [0.5, 0.6) is 0 Å². The van der Waals surface area contributed by atoms with E-state index in [0.717, 1.165) is 12.0 Å². The molecule has 0 aromatic heterocycles. The van der Waals surface area contributed by atoms with Crippen molar-refractivity contribution in [3.63, 3.8) is 0 Å². The lowest BCUT2D eigenvalue weighted by atomic mass is 9.90. The molecule has 0 atom stereocenters. The van der Waals surface area contributed by atoms with Gasteiger partial charge in [0.2, 0.25) is 5.91 Å². The molecule has 0 N–H and O–H groups in total. The molecule has 3 nitrogen and oxygen atoms in total. The number of nitrogens with zero attached hydrogens (tertiary/aromatic N) is 2. The van der Waals surface area contributed by atoms with E-state index < -0.39 is 0 Å². The van der Waals surface area contributed by atoms with Gasteiger partial charge in [-0.05, 0) is 54.5 Å². The molecule has 2 aliphatic rings. The van der Waals surface area contributed by atoms with Crippen molar-refractivity contribution in [1.82, 2.24) is 4.90 Å². The van der Waals surface area contributed by atoms with Gasteiger partial charge in [-0.3, -0.25) is 4.79 Å². The minimum Gasteiger partial charge on any atom is -0.366 e. The number of hydrogen-bond acceptors (Lipinski definition) is 2. The average molecular weight is 352 g/mol. The normalized spacial score (nSPS) is 17.1. The van der Waals surface area contributed by atoms with Crippen molar-refractivity contribution in [1.29, 1.82) is 0 Å². The van der Waals surface area contributed by atoms with Gasteiger partial charge in [0.15, 0.2) is 0 Å². The number of aryl methyl sites for hydroxylation is 2. The first-order valence-corrected chi connectivity index (χ1v) is 9.58. The van der Waals surface area contributed by atoms with Crippen LogP contribution in [-0.2, 0) is 24.1 Å². The van der Waals surface area contributed by atoms with Gasteiger partial charge in [-0.25, -0.2) is 4.39 Å². The zero-order valence-corrected chi connectivity index (χ0v) is 15.1. The third-order valence-electron chi connectivity index (χ3n) is 5.59. The smallest absolute Gasteiger partial charge is 0.227 e. The molecule has 4 heteroatoms. The lowest BCUT2D eigenvalue weighted by molar-refractivity contribution is -0.130. The quantitative estimate of drug-likeness (QED) is 0.843. The summed E-state index contributed by atoms with van der Waals surface area (Å²) in [5, 5.41) is 0. The van der Waals surface area contributed by atoms with Crippen LogP contribution in [0, 0.1) is 5.82 Å². The summed E-state index contributed by atoms with van der Waals surface area (Å²) in [4.78, 5) is 16.6. The predicted molar refractivity (Wildman–Crippen MR) is 102 cm³/mol. The Labute approximate surface area is 154 Å². The third kappa shape index (κ3) is 3.59. The molecular formula is C22H25FN2O. The van der Waals surface area contributed by atoms with Gasteiger partial charge >= 0.3 is 0 Å². The Bertz CT molecular complexity index is 796. The molecule has 1 saturated heterocycles. The molecule has 1 aliphatic carbocycles. The van der Waals surface area contributed by atoms with Crippen LogP contribution in [0.15, 0.2) is 42.5 Å². The largest absolute Gasteiger partial charge is 0.366 e. The second-order valence-electron chi connectivity index (χ2n) is 7.31. The fraction of sp³-hybridized carbons (Fsp3) is 0.409. The Morgan fingerprint density at radius 2 is 1.65 bits per heavy atom. The Kier molecular flexibility index (Phi) is 4.91. The summed E-state index contributed by atoms with van der Waals surface area (Å²) in [5.41, 5.74) is 4.62. The predicted octanol–water partition coefficient (Wildman–Crippen LogP) is 3.60. The number of rotatable bonds is 3. The molecular weight excluding hydrogens is 327 g/mol. The van der Waals surface area contributed by atoms with Crippen molar-refractivity contribution in [2.75, 3.05) is 31.1 Å². The van der Waals surface area contributed by atoms with Gasteiger partial charge in [0, 0.05) is 26.2 Å². The van der Waals surface area contributed by atoms with Gasteiger partial charge in [-0.1, -0.05) is 30.3 Å². The Hall–Kier alpha value is -2.36. The summed E-state index contributed by atoms with van der Waals surface area (Å²) < 4.78 is 13.9. The summed E-state index contributed by atoms with van der Waals surface area (Å²) in [6.45, 7) is 2.66. The highest BCUT2D eigenvalue weighted by atomic mass is 19.1. The second-order valence-corrected chi connectivity index (χ2v) is 7.31. The maximum Gasteiger partial charge on any atom is 0.227 e. The van der Waals surface area contributed by atoms with Crippen molar-refractivity contribution >= 4 is 11.6 Å². The highest BCUT2D eigenvalue weighted by Gasteiger charge is 2.23. The number of carbonyl (C=O) groups is 1. The molecule has 4 rings (SSSR count). The monoisotopic (exact) mass is 352 g/mol. The lowest BCUT2D eigenvalue weighted by Gasteiger charge is -2.36. The van der Waals surface area contributed by atoms with Crippen molar-refractivity contribution in [2.24, 2.45) is 0 Å². The number of benzene rings is 2. The molecule has 0 radical (unpaired) electrons. The summed E-state index contributed by atoms with van der Waals surface area (Å²) in [6.07, 6.45) is 5.30. The number of fused-ring (bicyclic) bond motifs is 1. The van der Waals surface area contributed by atoms with E-state index in [1.807, 2.05) is 15.9 Å². The minimum absolute atomic E-state index is 0.175. The van der Waals surface area contributed by atoms with Gasteiger partial charge < -0.3 is 9.80 Å². The van der Waals surface area contributed by atoms with Gasteiger partial charge in [0.05, 0.1) is 12.1 Å². The number of hydrogen-bond donors (Lipinski definition) is 0. The summed E-state index contributed by atoms with van der Waals surface area (Å²) in [7, 11) is 0. The number of piperazine rings is 1. The van der Waals surface area contributed by atoms with E-state index in [-0.39, 0.29) is 11.7 Å². The Morgan fingerprint density at radius 3 is 2.42 bits per heavy atom. The van der Waals surface area contributed by atoms with Crippen LogP contribution in [0.2, 0.25) is 0 Å². The summed E-state index contributed by atoms with van der Waals surface area (Å²) in [5.74, 6) is -0.0183. The van der Waals surface area contributed by atoms with Crippen LogP contribution in [0.25, 0.3) is 0 Å². The Balaban J connectivity index is 1.36. The van der Waals surface area contributed by atoms with E-state index in [1.54, 1.807) is 12.1 Å². The first-order valence-electron chi connectivity index (χ1n) is 9.58. The Morgan fingerprint density at radius 1 is 0.923 bits per heavy atom. The highest BCUT2D eigenvalue weighted by molar-refractivity contribution is 5.79. The van der Waals surface area contributed by atoms with E-state index in [1.165, 1.54) is 36.5 Å². The topological polar surface area (TPSA) is 23.6 Å².